The van der Waals surface area contributed by atoms with Crippen LogP contribution in [0.2, 0.25) is 0 Å². The minimum atomic E-state index is -0.160. The molecule has 1 aliphatic heterocycles. The van der Waals surface area contributed by atoms with Crippen LogP contribution in [0.1, 0.15) is 40.0 Å². The summed E-state index contributed by atoms with van der Waals surface area (Å²) in [6.45, 7) is 9.00. The highest BCUT2D eigenvalue weighted by Gasteiger charge is 2.27. The first-order valence-corrected chi connectivity index (χ1v) is 8.09. The van der Waals surface area contributed by atoms with E-state index in [2.05, 4.69) is 26.5 Å². The normalized spacial score (nSPS) is 22.4. The molecule has 0 spiro atoms. The molecule has 0 unspecified atom stereocenters. The SMILES string of the molecule is CC1=C(C=CC(=O)N2CCN(C([NH3+])=O)CC2)C(C)(C)CCC1. The number of amides is 3. The molecule has 5 nitrogen and oxygen atoms in total. The van der Waals surface area contributed by atoms with Crippen molar-refractivity contribution in [3.63, 3.8) is 0 Å². The lowest BCUT2D eigenvalue weighted by atomic mass is 9.72. The van der Waals surface area contributed by atoms with E-state index < -0.39 is 0 Å². The lowest BCUT2D eigenvalue weighted by Gasteiger charge is -2.33. The Morgan fingerprint density at radius 1 is 1.14 bits per heavy atom. The topological polar surface area (TPSA) is 68.3 Å². The molecular formula is C17H28N3O2+. The second-order valence-corrected chi connectivity index (χ2v) is 6.97. The van der Waals surface area contributed by atoms with Crippen molar-refractivity contribution in [2.24, 2.45) is 5.41 Å². The van der Waals surface area contributed by atoms with Crippen LogP contribution >= 0.6 is 0 Å². The van der Waals surface area contributed by atoms with Crippen molar-refractivity contribution >= 4 is 11.9 Å². The van der Waals surface area contributed by atoms with Crippen molar-refractivity contribution in [2.75, 3.05) is 26.2 Å². The van der Waals surface area contributed by atoms with Gasteiger partial charge in [0, 0.05) is 32.3 Å². The average Bonchev–Trinajstić information content (AvgIpc) is 2.46. The molecule has 3 N–H and O–H groups in total. The predicted molar refractivity (Wildman–Crippen MR) is 85.9 cm³/mol. The second kappa shape index (κ2) is 6.65. The van der Waals surface area contributed by atoms with Crippen LogP contribution < -0.4 is 5.73 Å². The Labute approximate surface area is 132 Å². The number of nitrogens with zero attached hydrogens (tertiary/aromatic N) is 2. The first-order valence-electron chi connectivity index (χ1n) is 8.09. The molecule has 3 amide bonds. The van der Waals surface area contributed by atoms with Gasteiger partial charge in [-0.3, -0.25) is 15.4 Å². The largest absolute Gasteiger partial charge is 0.414 e. The van der Waals surface area contributed by atoms with Crippen molar-refractivity contribution in [1.82, 2.24) is 9.80 Å². The van der Waals surface area contributed by atoms with E-state index in [9.17, 15) is 9.59 Å². The summed E-state index contributed by atoms with van der Waals surface area (Å²) in [7, 11) is 0. The van der Waals surface area contributed by atoms with Gasteiger partial charge in [0.05, 0.1) is 0 Å². The van der Waals surface area contributed by atoms with Crippen molar-refractivity contribution in [1.29, 1.82) is 0 Å². The number of allylic oxidation sites excluding steroid dienone is 3. The van der Waals surface area contributed by atoms with Gasteiger partial charge in [-0.1, -0.05) is 25.5 Å². The molecule has 0 atom stereocenters. The number of rotatable bonds is 2. The second-order valence-electron chi connectivity index (χ2n) is 6.97. The Balaban J connectivity index is 1.99. The zero-order valence-corrected chi connectivity index (χ0v) is 14.0. The van der Waals surface area contributed by atoms with Crippen LogP contribution in [-0.2, 0) is 4.79 Å². The maximum atomic E-state index is 12.3. The third-order valence-corrected chi connectivity index (χ3v) is 4.88. The molecule has 0 saturated carbocycles. The van der Waals surface area contributed by atoms with Crippen LogP contribution in [0.25, 0.3) is 0 Å². The summed E-state index contributed by atoms with van der Waals surface area (Å²) in [4.78, 5) is 27.0. The first-order chi connectivity index (χ1) is 10.3. The van der Waals surface area contributed by atoms with Gasteiger partial charge in [0.1, 0.15) is 0 Å². The molecule has 1 fully saturated rings. The minimum absolute atomic E-state index is 0.0397. The Hall–Kier alpha value is -1.62. The van der Waals surface area contributed by atoms with Crippen molar-refractivity contribution in [3.8, 4) is 0 Å². The van der Waals surface area contributed by atoms with Crippen LogP contribution in [0.3, 0.4) is 0 Å². The van der Waals surface area contributed by atoms with Crippen LogP contribution in [-0.4, -0.2) is 47.9 Å². The summed E-state index contributed by atoms with van der Waals surface area (Å²) in [5.74, 6) is 0.0397. The highest BCUT2D eigenvalue weighted by atomic mass is 16.2. The van der Waals surface area contributed by atoms with Gasteiger partial charge in [-0.25, -0.2) is 4.79 Å². The molecule has 122 valence electrons. The number of hydrogen-bond donors (Lipinski definition) is 1. The molecule has 1 aliphatic carbocycles. The highest BCUT2D eigenvalue weighted by molar-refractivity contribution is 5.88. The summed E-state index contributed by atoms with van der Waals surface area (Å²) in [5, 5.41) is 0. The minimum Gasteiger partial charge on any atom is -0.336 e. The molecule has 1 heterocycles. The number of quaternary nitrogens is 1. The molecule has 2 rings (SSSR count). The molecule has 22 heavy (non-hydrogen) atoms. The fourth-order valence-corrected chi connectivity index (χ4v) is 3.45. The summed E-state index contributed by atoms with van der Waals surface area (Å²) in [5.41, 5.74) is 6.27. The highest BCUT2D eigenvalue weighted by Crippen LogP contribution is 2.40. The lowest BCUT2D eigenvalue weighted by Crippen LogP contribution is -2.67. The monoisotopic (exact) mass is 306 g/mol. The molecule has 5 heteroatoms. The van der Waals surface area contributed by atoms with Gasteiger partial charge in [0.2, 0.25) is 5.91 Å². The van der Waals surface area contributed by atoms with Gasteiger partial charge >= 0.3 is 6.03 Å². The van der Waals surface area contributed by atoms with E-state index in [1.807, 2.05) is 11.0 Å². The maximum Gasteiger partial charge on any atom is 0.414 e. The van der Waals surface area contributed by atoms with E-state index in [0.29, 0.717) is 26.2 Å². The molecule has 0 aromatic rings. The molecule has 0 bridgehead atoms. The fourth-order valence-electron chi connectivity index (χ4n) is 3.45. The summed E-state index contributed by atoms with van der Waals surface area (Å²) in [6.07, 6.45) is 7.23. The number of urea groups is 1. The standard InChI is InChI=1S/C17H27N3O2/c1-13-5-4-8-17(2,3)14(13)6-7-15(21)19-9-11-20(12-10-19)16(18)22/h6-7H,4-5,8-12H2,1-3H3,(H2,18,22)/p+1. The molecule has 2 aliphatic rings. The molecular weight excluding hydrogens is 278 g/mol. The Morgan fingerprint density at radius 3 is 2.27 bits per heavy atom. The number of carbonyl (C=O) groups excluding carboxylic acids is 2. The van der Waals surface area contributed by atoms with E-state index >= 15 is 0 Å². The van der Waals surface area contributed by atoms with Crippen LogP contribution in [0.4, 0.5) is 4.79 Å². The van der Waals surface area contributed by atoms with E-state index in [-0.39, 0.29) is 17.4 Å². The van der Waals surface area contributed by atoms with E-state index in [0.717, 1.165) is 6.42 Å². The van der Waals surface area contributed by atoms with Gasteiger partial charge in [0.15, 0.2) is 0 Å². The summed E-state index contributed by atoms with van der Waals surface area (Å²) >= 11 is 0. The van der Waals surface area contributed by atoms with Crippen molar-refractivity contribution in [2.45, 2.75) is 40.0 Å². The molecule has 0 aromatic carbocycles. The van der Waals surface area contributed by atoms with Crippen LogP contribution in [0.5, 0.6) is 0 Å². The predicted octanol–water partition coefficient (Wildman–Crippen LogP) is 1.58. The summed E-state index contributed by atoms with van der Waals surface area (Å²) < 4.78 is 0. The quantitative estimate of drug-likeness (QED) is 0.787. The smallest absolute Gasteiger partial charge is 0.336 e. The van der Waals surface area contributed by atoms with Crippen molar-refractivity contribution < 1.29 is 15.3 Å². The van der Waals surface area contributed by atoms with Gasteiger partial charge < -0.3 is 4.90 Å². The third-order valence-electron chi connectivity index (χ3n) is 4.88. The Bertz CT molecular complexity index is 512. The van der Waals surface area contributed by atoms with E-state index in [1.54, 1.807) is 11.0 Å². The van der Waals surface area contributed by atoms with Crippen molar-refractivity contribution in [3.05, 3.63) is 23.3 Å². The average molecular weight is 306 g/mol. The Morgan fingerprint density at radius 2 is 1.73 bits per heavy atom. The molecule has 0 radical (unpaired) electrons. The van der Waals surface area contributed by atoms with Crippen LogP contribution in [0, 0.1) is 5.41 Å². The Kier molecular flexibility index (Phi) is 5.06. The van der Waals surface area contributed by atoms with Crippen LogP contribution in [0.15, 0.2) is 23.3 Å². The fraction of sp³-hybridized carbons (Fsp3) is 0.647. The van der Waals surface area contributed by atoms with Gasteiger partial charge in [-0.2, -0.15) is 0 Å². The van der Waals surface area contributed by atoms with Gasteiger partial charge in [-0.05, 0) is 37.2 Å². The zero-order valence-electron chi connectivity index (χ0n) is 14.0. The van der Waals surface area contributed by atoms with E-state index in [1.165, 1.54) is 24.0 Å². The number of hydrogen-bond acceptors (Lipinski definition) is 2. The number of carbonyl (C=O) groups is 2. The maximum absolute atomic E-state index is 12.3. The van der Waals surface area contributed by atoms with E-state index in [4.69, 9.17) is 0 Å². The third kappa shape index (κ3) is 3.77. The van der Waals surface area contributed by atoms with Gasteiger partial charge in [0.25, 0.3) is 0 Å². The lowest BCUT2D eigenvalue weighted by molar-refractivity contribution is -0.266. The number of piperazine rings is 1. The molecule has 1 saturated heterocycles. The molecule has 0 aromatic heterocycles. The summed E-state index contributed by atoms with van der Waals surface area (Å²) in [6, 6.07) is -0.160. The zero-order chi connectivity index (χ0) is 16.3. The van der Waals surface area contributed by atoms with Gasteiger partial charge in [-0.15, -0.1) is 0 Å². The first kappa shape index (κ1) is 16.7.